The van der Waals surface area contributed by atoms with Crippen LogP contribution in [0.1, 0.15) is 39.0 Å². The highest BCUT2D eigenvalue weighted by Crippen LogP contribution is 2.27. The molecule has 0 bridgehead atoms. The lowest BCUT2D eigenvalue weighted by molar-refractivity contribution is -0.116. The summed E-state index contributed by atoms with van der Waals surface area (Å²) in [5.41, 5.74) is 2.01. The molecule has 180 valence electrons. The van der Waals surface area contributed by atoms with Crippen LogP contribution in [0, 0.1) is 0 Å². The lowest BCUT2D eigenvalue weighted by atomic mass is 9.92. The maximum absolute atomic E-state index is 12.9. The first-order valence-corrected chi connectivity index (χ1v) is 12.8. The van der Waals surface area contributed by atoms with Crippen LogP contribution >= 0.6 is 11.6 Å². The van der Waals surface area contributed by atoms with Gasteiger partial charge in [0.15, 0.2) is 0 Å². The number of nitrogens with zero attached hydrogens (tertiary/aromatic N) is 3. The number of anilines is 1. The highest BCUT2D eigenvalue weighted by atomic mass is 35.5. The Kier molecular flexibility index (Phi) is 7.97. The van der Waals surface area contributed by atoms with Gasteiger partial charge >= 0.3 is 0 Å². The summed E-state index contributed by atoms with van der Waals surface area (Å²) >= 11 is 6.01. The number of halogens is 1. The molecule has 0 radical (unpaired) electrons. The van der Waals surface area contributed by atoms with Crippen molar-refractivity contribution in [3.05, 3.63) is 82.4 Å². The first kappa shape index (κ1) is 25.7. The molecule has 7 nitrogen and oxygen atoms in total. The van der Waals surface area contributed by atoms with Crippen molar-refractivity contribution in [3.8, 4) is 5.69 Å². The fourth-order valence-electron chi connectivity index (χ4n) is 3.15. The van der Waals surface area contributed by atoms with Crippen LogP contribution in [-0.4, -0.2) is 41.5 Å². The van der Waals surface area contributed by atoms with Crippen LogP contribution in [0.5, 0.6) is 0 Å². The van der Waals surface area contributed by atoms with Gasteiger partial charge in [0, 0.05) is 28.5 Å². The summed E-state index contributed by atoms with van der Waals surface area (Å²) in [4.78, 5) is 12.9. The number of sulfonamides is 1. The molecule has 0 aliphatic carbocycles. The zero-order chi connectivity index (χ0) is 24.9. The lowest BCUT2D eigenvalue weighted by Gasteiger charge is -2.18. The predicted molar refractivity (Wildman–Crippen MR) is 138 cm³/mol. The van der Waals surface area contributed by atoms with E-state index in [-0.39, 0.29) is 18.5 Å². The van der Waals surface area contributed by atoms with Crippen molar-refractivity contribution >= 4 is 39.4 Å². The van der Waals surface area contributed by atoms with Gasteiger partial charge in [-0.1, -0.05) is 69.6 Å². The minimum Gasteiger partial charge on any atom is -0.309 e. The number of carbonyl (C=O) groups is 1. The summed E-state index contributed by atoms with van der Waals surface area (Å²) < 4.78 is 28.4. The van der Waals surface area contributed by atoms with Crippen molar-refractivity contribution in [1.82, 2.24) is 14.1 Å². The molecule has 0 saturated carbocycles. The second-order valence-corrected chi connectivity index (χ2v) is 11.0. The summed E-state index contributed by atoms with van der Waals surface area (Å²) in [5.74, 6) is -0.0142. The Hall–Kier alpha value is -2.94. The number of amides is 1. The molecular formula is C25H29ClN4O3S. The van der Waals surface area contributed by atoms with Crippen LogP contribution < -0.4 is 5.32 Å². The predicted octanol–water partition coefficient (Wildman–Crippen LogP) is 5.08. The van der Waals surface area contributed by atoms with E-state index in [1.54, 1.807) is 54.1 Å². The van der Waals surface area contributed by atoms with Crippen molar-refractivity contribution < 1.29 is 13.2 Å². The number of carbonyl (C=O) groups excluding carboxylic acids is 1. The monoisotopic (exact) mass is 500 g/mol. The average Bonchev–Trinajstić information content (AvgIpc) is 3.21. The summed E-state index contributed by atoms with van der Waals surface area (Å²) in [6, 6.07) is 18.0. The summed E-state index contributed by atoms with van der Waals surface area (Å²) in [7, 11) is -3.79. The molecule has 0 atom stereocenters. The number of hydrogen-bond acceptors (Lipinski definition) is 4. The number of likely N-dealkylation sites (N-methyl/N-ethyl adjacent to an activating group) is 1. The first-order valence-electron chi connectivity index (χ1n) is 10.9. The van der Waals surface area contributed by atoms with E-state index in [0.717, 1.165) is 26.7 Å². The van der Waals surface area contributed by atoms with Crippen LogP contribution in [0.2, 0.25) is 5.02 Å². The Balaban J connectivity index is 1.82. The molecule has 0 unspecified atom stereocenters. The first-order chi connectivity index (χ1) is 16.0. The van der Waals surface area contributed by atoms with Crippen LogP contribution in [0.15, 0.2) is 66.1 Å². The topological polar surface area (TPSA) is 84.3 Å². The van der Waals surface area contributed by atoms with Crippen molar-refractivity contribution in [2.75, 3.05) is 18.4 Å². The molecule has 34 heavy (non-hydrogen) atoms. The second kappa shape index (κ2) is 10.5. The number of nitrogens with one attached hydrogen (secondary N) is 1. The van der Waals surface area contributed by atoms with Crippen LogP contribution in [0.4, 0.5) is 5.82 Å². The maximum Gasteiger partial charge on any atom is 0.240 e. The zero-order valence-corrected chi connectivity index (χ0v) is 21.3. The van der Waals surface area contributed by atoms with E-state index in [0.29, 0.717) is 10.8 Å². The number of aromatic nitrogens is 2. The SMILES string of the molecule is CCN(CC(=O)Nc1cc(C(C)(C)C)nn1-c1ccc(Cl)cc1)S(=O)(=O)/C=C/c1ccccc1. The summed E-state index contributed by atoms with van der Waals surface area (Å²) in [6.45, 7) is 7.59. The Labute approximate surface area is 206 Å². The van der Waals surface area contributed by atoms with Gasteiger partial charge in [0.1, 0.15) is 5.82 Å². The smallest absolute Gasteiger partial charge is 0.240 e. The Morgan fingerprint density at radius 2 is 1.76 bits per heavy atom. The van der Waals surface area contributed by atoms with E-state index in [4.69, 9.17) is 11.6 Å². The van der Waals surface area contributed by atoms with E-state index >= 15 is 0 Å². The van der Waals surface area contributed by atoms with Gasteiger partial charge in [-0.2, -0.15) is 9.40 Å². The molecule has 1 N–H and O–H groups in total. The Bertz CT molecular complexity index is 1260. The lowest BCUT2D eigenvalue weighted by Crippen LogP contribution is -2.37. The van der Waals surface area contributed by atoms with E-state index in [2.05, 4.69) is 10.4 Å². The van der Waals surface area contributed by atoms with Gasteiger partial charge in [-0.25, -0.2) is 13.1 Å². The Morgan fingerprint density at radius 1 is 1.12 bits per heavy atom. The molecule has 1 amide bonds. The molecule has 0 saturated heterocycles. The zero-order valence-electron chi connectivity index (χ0n) is 19.7. The Morgan fingerprint density at radius 3 is 2.35 bits per heavy atom. The minimum atomic E-state index is -3.79. The molecule has 1 heterocycles. The molecule has 0 aliphatic rings. The van der Waals surface area contributed by atoms with Crippen molar-refractivity contribution in [3.63, 3.8) is 0 Å². The van der Waals surface area contributed by atoms with Crippen molar-refractivity contribution in [2.45, 2.75) is 33.1 Å². The van der Waals surface area contributed by atoms with Crippen LogP contribution in [-0.2, 0) is 20.2 Å². The quantitative estimate of drug-likeness (QED) is 0.467. The highest BCUT2D eigenvalue weighted by molar-refractivity contribution is 7.92. The van der Waals surface area contributed by atoms with E-state index in [9.17, 15) is 13.2 Å². The van der Waals surface area contributed by atoms with Gasteiger partial charge in [-0.3, -0.25) is 4.79 Å². The molecule has 3 rings (SSSR count). The van der Waals surface area contributed by atoms with Crippen LogP contribution in [0.25, 0.3) is 11.8 Å². The summed E-state index contributed by atoms with van der Waals surface area (Å²) in [5, 5.41) is 9.19. The molecule has 0 fully saturated rings. The van der Waals surface area contributed by atoms with E-state index in [1.807, 2.05) is 39.0 Å². The molecular weight excluding hydrogens is 472 g/mol. The third-order valence-corrected chi connectivity index (χ3v) is 6.92. The van der Waals surface area contributed by atoms with Gasteiger partial charge in [-0.15, -0.1) is 0 Å². The van der Waals surface area contributed by atoms with Crippen LogP contribution in [0.3, 0.4) is 0 Å². The third kappa shape index (κ3) is 6.56. The van der Waals surface area contributed by atoms with Gasteiger partial charge in [0.25, 0.3) is 0 Å². The van der Waals surface area contributed by atoms with Crippen molar-refractivity contribution in [1.29, 1.82) is 0 Å². The minimum absolute atomic E-state index is 0.151. The van der Waals surface area contributed by atoms with Gasteiger partial charge in [-0.05, 0) is 35.9 Å². The molecule has 2 aromatic carbocycles. The standard InChI is InChI=1S/C25H29ClN4O3S/c1-5-29(34(32,33)16-15-19-9-7-6-8-10-19)18-24(31)27-23-17-22(25(2,3)4)28-30(23)21-13-11-20(26)12-14-21/h6-17H,5,18H2,1-4H3,(H,27,31)/b16-15+. The highest BCUT2D eigenvalue weighted by Gasteiger charge is 2.24. The fraction of sp³-hybridized carbons (Fsp3) is 0.280. The van der Waals surface area contributed by atoms with Gasteiger partial charge in [0.2, 0.25) is 15.9 Å². The van der Waals surface area contributed by atoms with Crippen molar-refractivity contribution in [2.24, 2.45) is 0 Å². The largest absolute Gasteiger partial charge is 0.309 e. The van der Waals surface area contributed by atoms with Gasteiger partial charge in [0.05, 0.1) is 17.9 Å². The second-order valence-electron chi connectivity index (χ2n) is 8.79. The molecule has 3 aromatic rings. The number of rotatable bonds is 8. The number of benzene rings is 2. The van der Waals surface area contributed by atoms with Gasteiger partial charge < -0.3 is 5.32 Å². The average molecular weight is 501 g/mol. The molecule has 0 aliphatic heterocycles. The van der Waals surface area contributed by atoms with E-state index < -0.39 is 15.9 Å². The normalized spacial score (nSPS) is 12.4. The summed E-state index contributed by atoms with van der Waals surface area (Å²) in [6.07, 6.45) is 1.51. The maximum atomic E-state index is 12.9. The molecule has 0 spiro atoms. The van der Waals surface area contributed by atoms with E-state index in [1.165, 1.54) is 6.08 Å². The fourth-order valence-corrected chi connectivity index (χ4v) is 4.44. The third-order valence-electron chi connectivity index (χ3n) is 5.08. The number of hydrogen-bond donors (Lipinski definition) is 1. The molecule has 1 aromatic heterocycles. The molecule has 9 heteroatoms.